The van der Waals surface area contributed by atoms with Crippen molar-refractivity contribution in [3.8, 4) is 0 Å². The van der Waals surface area contributed by atoms with E-state index >= 15 is 0 Å². The second-order valence-electron chi connectivity index (χ2n) is 6.82. The van der Waals surface area contributed by atoms with Crippen LogP contribution in [0, 0.1) is 11.3 Å². The number of aromatic nitrogens is 1. The molecule has 6 nitrogen and oxygen atoms in total. The Morgan fingerprint density at radius 1 is 1.46 bits per heavy atom. The smallest absolute Gasteiger partial charge is 0.313 e. The van der Waals surface area contributed by atoms with Crippen molar-refractivity contribution < 1.29 is 19.4 Å². The molecule has 4 rings (SSSR count). The number of nitrogens with zero attached hydrogens (tertiary/aromatic N) is 1. The zero-order chi connectivity index (χ0) is 16.7. The molecule has 1 saturated heterocycles. The highest BCUT2D eigenvalue weighted by atomic mass is 32.1. The molecule has 2 fully saturated rings. The number of carboxylic acid groups (broad SMARTS) is 1. The van der Waals surface area contributed by atoms with E-state index in [4.69, 9.17) is 4.74 Å². The highest BCUT2D eigenvalue weighted by molar-refractivity contribution is 7.17. The molecule has 1 aliphatic carbocycles. The van der Waals surface area contributed by atoms with Gasteiger partial charge in [0.2, 0.25) is 0 Å². The number of ether oxygens (including phenoxy) is 1. The van der Waals surface area contributed by atoms with E-state index < -0.39 is 11.4 Å². The highest BCUT2D eigenvalue weighted by Crippen LogP contribution is 2.34. The predicted octanol–water partition coefficient (Wildman–Crippen LogP) is 2.33. The number of carbonyl (C=O) groups is 2. The van der Waals surface area contributed by atoms with E-state index in [9.17, 15) is 14.7 Å². The summed E-state index contributed by atoms with van der Waals surface area (Å²) in [5.74, 6) is -0.457. The van der Waals surface area contributed by atoms with Gasteiger partial charge in [-0.1, -0.05) is 0 Å². The first-order chi connectivity index (χ1) is 11.6. The Morgan fingerprint density at radius 2 is 2.29 bits per heavy atom. The molecule has 3 heterocycles. The van der Waals surface area contributed by atoms with Crippen LogP contribution in [0.2, 0.25) is 0 Å². The fourth-order valence-corrected chi connectivity index (χ4v) is 4.07. The summed E-state index contributed by atoms with van der Waals surface area (Å²) >= 11 is 1.62. The summed E-state index contributed by atoms with van der Waals surface area (Å²) in [5, 5.41) is 14.3. The topological polar surface area (TPSA) is 80.6 Å². The fraction of sp³-hybridized carbons (Fsp3) is 0.529. The molecule has 24 heavy (non-hydrogen) atoms. The van der Waals surface area contributed by atoms with E-state index in [1.54, 1.807) is 11.3 Å². The van der Waals surface area contributed by atoms with Gasteiger partial charge in [-0.2, -0.15) is 0 Å². The van der Waals surface area contributed by atoms with Crippen molar-refractivity contribution in [3.05, 3.63) is 23.2 Å². The normalized spacial score (nSPS) is 23.7. The number of carbonyl (C=O) groups excluding carboxylic acids is 1. The SMILES string of the molecule is O=C(NCC1(C(=O)O)CCOC1)c1cc2sccc2n1CC1CC1. The second kappa shape index (κ2) is 5.89. The van der Waals surface area contributed by atoms with E-state index in [-0.39, 0.29) is 19.1 Å². The molecule has 0 bridgehead atoms. The van der Waals surface area contributed by atoms with Gasteiger partial charge in [-0.05, 0) is 42.7 Å². The molecule has 1 saturated carbocycles. The number of aliphatic carboxylic acids is 1. The van der Waals surface area contributed by atoms with Gasteiger partial charge in [-0.15, -0.1) is 11.3 Å². The van der Waals surface area contributed by atoms with Crippen molar-refractivity contribution in [2.45, 2.75) is 25.8 Å². The van der Waals surface area contributed by atoms with E-state index in [0.29, 0.717) is 24.6 Å². The van der Waals surface area contributed by atoms with Crippen molar-refractivity contribution in [1.29, 1.82) is 0 Å². The van der Waals surface area contributed by atoms with Crippen LogP contribution in [-0.4, -0.2) is 41.3 Å². The molecule has 2 aromatic heterocycles. The van der Waals surface area contributed by atoms with E-state index in [1.807, 2.05) is 17.5 Å². The van der Waals surface area contributed by atoms with Crippen LogP contribution >= 0.6 is 11.3 Å². The Bertz CT molecular complexity index is 784. The van der Waals surface area contributed by atoms with Crippen molar-refractivity contribution in [1.82, 2.24) is 9.88 Å². The lowest BCUT2D eigenvalue weighted by Gasteiger charge is -2.22. The summed E-state index contributed by atoms with van der Waals surface area (Å²) in [4.78, 5) is 24.3. The zero-order valence-electron chi connectivity index (χ0n) is 13.3. The Hall–Kier alpha value is -1.86. The molecule has 2 aromatic rings. The number of fused-ring (bicyclic) bond motifs is 1. The number of nitrogens with one attached hydrogen (secondary N) is 1. The third-order valence-corrected chi connectivity index (χ3v) is 5.89. The number of thiophene rings is 1. The minimum absolute atomic E-state index is 0.101. The largest absolute Gasteiger partial charge is 0.481 e. The van der Waals surface area contributed by atoms with Gasteiger partial charge in [0, 0.05) is 19.7 Å². The van der Waals surface area contributed by atoms with Gasteiger partial charge >= 0.3 is 5.97 Å². The number of hydrogen-bond acceptors (Lipinski definition) is 4. The molecule has 2 aliphatic rings. The summed E-state index contributed by atoms with van der Waals surface area (Å²) in [6.45, 7) is 1.54. The van der Waals surface area contributed by atoms with Crippen LogP contribution in [0.1, 0.15) is 29.8 Å². The third-order valence-electron chi connectivity index (χ3n) is 5.04. The molecule has 2 N–H and O–H groups in total. The molecular weight excluding hydrogens is 328 g/mol. The maximum absolute atomic E-state index is 12.7. The van der Waals surface area contributed by atoms with Gasteiger partial charge in [0.05, 0.1) is 16.8 Å². The van der Waals surface area contributed by atoms with Gasteiger partial charge in [0.25, 0.3) is 5.91 Å². The predicted molar refractivity (Wildman–Crippen MR) is 90.4 cm³/mol. The summed E-state index contributed by atoms with van der Waals surface area (Å²) in [6.07, 6.45) is 2.86. The van der Waals surface area contributed by atoms with Crippen LogP contribution in [0.15, 0.2) is 17.5 Å². The Kier molecular flexibility index (Phi) is 3.85. The number of amides is 1. The van der Waals surface area contributed by atoms with Crippen LogP contribution in [0.3, 0.4) is 0 Å². The average Bonchev–Trinajstić information content (AvgIpc) is 2.98. The molecule has 7 heteroatoms. The molecule has 1 aliphatic heterocycles. The van der Waals surface area contributed by atoms with Crippen molar-refractivity contribution in [2.24, 2.45) is 11.3 Å². The molecule has 1 atom stereocenters. The standard InChI is InChI=1S/C17H20N2O4S/c20-15(18-9-17(16(21)22)4-5-23-10-17)13-7-14-12(3-6-24-14)19(13)8-11-1-2-11/h3,6-7,11H,1-2,4-5,8-10H2,(H,18,20)(H,21,22). The number of hydrogen-bond donors (Lipinski definition) is 2. The fourth-order valence-electron chi connectivity index (χ4n) is 3.25. The van der Waals surface area contributed by atoms with E-state index in [2.05, 4.69) is 9.88 Å². The zero-order valence-corrected chi connectivity index (χ0v) is 14.1. The molecule has 0 radical (unpaired) electrons. The highest BCUT2D eigenvalue weighted by Gasteiger charge is 2.43. The minimum atomic E-state index is -0.999. The van der Waals surface area contributed by atoms with Crippen LogP contribution in [-0.2, 0) is 16.1 Å². The van der Waals surface area contributed by atoms with Gasteiger partial charge < -0.3 is 19.7 Å². The molecule has 1 unspecified atom stereocenters. The molecule has 1 amide bonds. The van der Waals surface area contributed by atoms with Gasteiger partial charge in [0.15, 0.2) is 0 Å². The first-order valence-corrected chi connectivity index (χ1v) is 9.13. The first-order valence-electron chi connectivity index (χ1n) is 8.25. The molecule has 0 spiro atoms. The minimum Gasteiger partial charge on any atom is -0.481 e. The van der Waals surface area contributed by atoms with Crippen molar-refractivity contribution in [3.63, 3.8) is 0 Å². The number of carboxylic acids is 1. The lowest BCUT2D eigenvalue weighted by Crippen LogP contribution is -2.44. The van der Waals surface area contributed by atoms with Crippen LogP contribution in [0.4, 0.5) is 0 Å². The maximum atomic E-state index is 12.7. The summed E-state index contributed by atoms with van der Waals surface area (Å²) < 4.78 is 8.42. The van der Waals surface area contributed by atoms with Crippen molar-refractivity contribution >= 4 is 33.4 Å². The second-order valence-corrected chi connectivity index (χ2v) is 7.77. The Balaban J connectivity index is 1.54. The van der Waals surface area contributed by atoms with Gasteiger partial charge in [-0.3, -0.25) is 9.59 Å². The monoisotopic (exact) mass is 348 g/mol. The summed E-state index contributed by atoms with van der Waals surface area (Å²) in [5.41, 5.74) is 0.721. The first kappa shape index (κ1) is 15.7. The lowest BCUT2D eigenvalue weighted by molar-refractivity contribution is -0.148. The van der Waals surface area contributed by atoms with E-state index in [1.165, 1.54) is 12.8 Å². The molecule has 0 aromatic carbocycles. The molecule has 128 valence electrons. The maximum Gasteiger partial charge on any atom is 0.313 e. The third kappa shape index (κ3) is 2.71. The Labute approximate surface area is 143 Å². The molecular formula is C17H20N2O4S. The quantitative estimate of drug-likeness (QED) is 0.840. The average molecular weight is 348 g/mol. The van der Waals surface area contributed by atoms with Gasteiger partial charge in [0.1, 0.15) is 11.1 Å². The van der Waals surface area contributed by atoms with E-state index in [0.717, 1.165) is 16.8 Å². The number of rotatable bonds is 6. The Morgan fingerprint density at radius 3 is 2.96 bits per heavy atom. The van der Waals surface area contributed by atoms with Gasteiger partial charge in [-0.25, -0.2) is 0 Å². The summed E-state index contributed by atoms with van der Waals surface area (Å²) in [7, 11) is 0. The summed E-state index contributed by atoms with van der Waals surface area (Å²) in [6, 6.07) is 3.96. The lowest BCUT2D eigenvalue weighted by atomic mass is 9.87. The van der Waals surface area contributed by atoms with Crippen LogP contribution < -0.4 is 5.32 Å². The van der Waals surface area contributed by atoms with Crippen LogP contribution in [0.25, 0.3) is 10.2 Å². The van der Waals surface area contributed by atoms with Crippen molar-refractivity contribution in [2.75, 3.05) is 19.8 Å². The van der Waals surface area contributed by atoms with Crippen LogP contribution in [0.5, 0.6) is 0 Å².